The van der Waals surface area contributed by atoms with E-state index >= 15 is 0 Å². The van der Waals surface area contributed by atoms with Crippen LogP contribution < -0.4 is 4.90 Å². The molecule has 0 N–H and O–H groups in total. The largest absolute Gasteiger partial charge is 0.310 e. The summed E-state index contributed by atoms with van der Waals surface area (Å²) in [4.78, 5) is 2.42. The fraction of sp³-hybridized carbons (Fsp3) is 0. The Balaban J connectivity index is 0.987. The van der Waals surface area contributed by atoms with E-state index in [4.69, 9.17) is 0 Å². The summed E-state index contributed by atoms with van der Waals surface area (Å²) in [5, 5.41) is 7.57. The van der Waals surface area contributed by atoms with Crippen LogP contribution in [0.2, 0.25) is 0 Å². The molecule has 1 heterocycles. The Hall–Kier alpha value is -8.46. The lowest BCUT2D eigenvalue weighted by Gasteiger charge is -2.28. The maximum atomic E-state index is 2.42. The molecule has 12 aromatic rings. The van der Waals surface area contributed by atoms with Gasteiger partial charge in [0.25, 0.3) is 0 Å². The summed E-state index contributed by atoms with van der Waals surface area (Å²) in [6.45, 7) is 0. The number of aromatic nitrogens is 1. The lowest BCUT2D eigenvalue weighted by Crippen LogP contribution is -2.11. The number of benzene rings is 11. The van der Waals surface area contributed by atoms with Gasteiger partial charge in [-0.3, -0.25) is 0 Å². The van der Waals surface area contributed by atoms with Crippen LogP contribution in [0.1, 0.15) is 0 Å². The van der Waals surface area contributed by atoms with E-state index in [1.807, 2.05) is 0 Å². The second kappa shape index (κ2) is 15.8. The monoisotopic (exact) mass is 814 g/mol. The summed E-state index contributed by atoms with van der Waals surface area (Å²) in [7, 11) is 0. The van der Waals surface area contributed by atoms with Gasteiger partial charge in [-0.1, -0.05) is 188 Å². The Morgan fingerprint density at radius 1 is 0.281 bits per heavy atom. The van der Waals surface area contributed by atoms with Crippen molar-refractivity contribution in [3.63, 3.8) is 0 Å². The first kappa shape index (κ1) is 37.3. The van der Waals surface area contributed by atoms with Gasteiger partial charge in [-0.15, -0.1) is 0 Å². The fourth-order valence-electron chi connectivity index (χ4n) is 9.76. The van der Waals surface area contributed by atoms with Gasteiger partial charge in [0.1, 0.15) is 0 Å². The van der Waals surface area contributed by atoms with E-state index in [0.29, 0.717) is 0 Å². The van der Waals surface area contributed by atoms with Crippen LogP contribution in [0.25, 0.3) is 93.5 Å². The molecule has 0 amide bonds. The van der Waals surface area contributed by atoms with E-state index in [2.05, 4.69) is 264 Å². The molecule has 0 aliphatic rings. The normalized spacial score (nSPS) is 11.4. The maximum Gasteiger partial charge on any atom is 0.0547 e. The van der Waals surface area contributed by atoms with E-state index in [1.165, 1.54) is 76.7 Å². The molecule has 0 fully saturated rings. The molecule has 1 aromatic heterocycles. The van der Waals surface area contributed by atoms with Crippen molar-refractivity contribution in [1.29, 1.82) is 0 Å². The topological polar surface area (TPSA) is 8.17 Å². The van der Waals surface area contributed by atoms with Gasteiger partial charge in [0.2, 0.25) is 0 Å². The molecule has 12 rings (SSSR count). The highest BCUT2D eigenvalue weighted by Crippen LogP contribution is 2.44. The molecule has 11 aromatic carbocycles. The van der Waals surface area contributed by atoms with E-state index in [-0.39, 0.29) is 0 Å². The molecular formula is C62H42N2. The molecule has 64 heavy (non-hydrogen) atoms. The van der Waals surface area contributed by atoms with Crippen LogP contribution in [0, 0.1) is 0 Å². The van der Waals surface area contributed by atoms with Crippen molar-refractivity contribution in [2.45, 2.75) is 0 Å². The molecule has 300 valence electrons. The zero-order valence-electron chi connectivity index (χ0n) is 35.1. The smallest absolute Gasteiger partial charge is 0.0547 e. The number of hydrogen-bond acceptors (Lipinski definition) is 1. The van der Waals surface area contributed by atoms with Gasteiger partial charge in [0, 0.05) is 33.4 Å². The van der Waals surface area contributed by atoms with Gasteiger partial charge in [-0.25, -0.2) is 0 Å². The molecule has 0 saturated heterocycles. The molecular weight excluding hydrogens is 773 g/mol. The van der Waals surface area contributed by atoms with Crippen molar-refractivity contribution in [1.82, 2.24) is 4.57 Å². The minimum absolute atomic E-state index is 1.09. The first-order chi connectivity index (χ1) is 31.7. The summed E-state index contributed by atoms with van der Waals surface area (Å²) >= 11 is 0. The number of anilines is 3. The highest BCUT2D eigenvalue weighted by Gasteiger charge is 2.20. The molecule has 0 aliphatic carbocycles. The van der Waals surface area contributed by atoms with Crippen molar-refractivity contribution in [3.05, 3.63) is 255 Å². The quantitative estimate of drug-likeness (QED) is 0.139. The second-order valence-electron chi connectivity index (χ2n) is 16.5. The van der Waals surface area contributed by atoms with E-state index in [9.17, 15) is 0 Å². The van der Waals surface area contributed by atoms with Crippen LogP contribution in [0.15, 0.2) is 255 Å². The Morgan fingerprint density at radius 3 is 1.70 bits per heavy atom. The van der Waals surface area contributed by atoms with Crippen LogP contribution in [-0.2, 0) is 0 Å². The van der Waals surface area contributed by atoms with Crippen molar-refractivity contribution in [2.24, 2.45) is 0 Å². The van der Waals surface area contributed by atoms with Crippen LogP contribution >= 0.6 is 0 Å². The van der Waals surface area contributed by atoms with Crippen LogP contribution in [0.4, 0.5) is 17.1 Å². The van der Waals surface area contributed by atoms with Gasteiger partial charge in [-0.2, -0.15) is 0 Å². The molecule has 0 radical (unpaired) electrons. The second-order valence-corrected chi connectivity index (χ2v) is 16.5. The summed E-state index contributed by atoms with van der Waals surface area (Å²) in [5.41, 5.74) is 16.3. The summed E-state index contributed by atoms with van der Waals surface area (Å²) < 4.78 is 2.39. The molecule has 0 unspecified atom stereocenters. The summed E-state index contributed by atoms with van der Waals surface area (Å²) in [5.74, 6) is 0. The Labute approximate surface area is 373 Å². The maximum absolute atomic E-state index is 2.42. The van der Waals surface area contributed by atoms with E-state index in [1.54, 1.807) is 0 Å². The average molecular weight is 815 g/mol. The number of fused-ring (bicyclic) bond motifs is 6. The van der Waals surface area contributed by atoms with Gasteiger partial charge in [0.15, 0.2) is 0 Å². The van der Waals surface area contributed by atoms with E-state index < -0.39 is 0 Å². The summed E-state index contributed by atoms with van der Waals surface area (Å²) in [6.07, 6.45) is 0. The molecule has 0 bridgehead atoms. The Kier molecular flexibility index (Phi) is 9.20. The SMILES string of the molecule is c1ccc(-c2cccc(N(c3ccc(-c4ccc5c(ccc6ccccc65)c4)cc3)c3ccccc3-c3cccc(-c4cccc5c4c4ccccc4n5-c4ccccc4)c3)c2)cc1. The zero-order valence-corrected chi connectivity index (χ0v) is 35.1. The third kappa shape index (κ3) is 6.52. The van der Waals surface area contributed by atoms with Crippen molar-refractivity contribution < 1.29 is 0 Å². The van der Waals surface area contributed by atoms with Gasteiger partial charge in [0.05, 0.1) is 16.7 Å². The van der Waals surface area contributed by atoms with Gasteiger partial charge < -0.3 is 9.47 Å². The van der Waals surface area contributed by atoms with Crippen LogP contribution in [0.5, 0.6) is 0 Å². The van der Waals surface area contributed by atoms with Crippen molar-refractivity contribution in [3.8, 4) is 50.2 Å². The molecule has 0 spiro atoms. The number of hydrogen-bond donors (Lipinski definition) is 0. The van der Waals surface area contributed by atoms with Crippen molar-refractivity contribution in [2.75, 3.05) is 4.90 Å². The predicted molar refractivity (Wildman–Crippen MR) is 272 cm³/mol. The lowest BCUT2D eigenvalue weighted by molar-refractivity contribution is 1.18. The lowest BCUT2D eigenvalue weighted by atomic mass is 9.94. The Morgan fingerprint density at radius 2 is 0.844 bits per heavy atom. The Bertz CT molecular complexity index is 3660. The van der Waals surface area contributed by atoms with Gasteiger partial charge in [-0.05, 0) is 127 Å². The van der Waals surface area contributed by atoms with Gasteiger partial charge >= 0.3 is 0 Å². The highest BCUT2D eigenvalue weighted by atomic mass is 15.1. The third-order valence-corrected chi connectivity index (χ3v) is 12.8. The minimum Gasteiger partial charge on any atom is -0.310 e. The third-order valence-electron chi connectivity index (χ3n) is 12.8. The number of rotatable bonds is 8. The van der Waals surface area contributed by atoms with Crippen LogP contribution in [0.3, 0.4) is 0 Å². The fourth-order valence-corrected chi connectivity index (χ4v) is 9.76. The number of nitrogens with zero attached hydrogens (tertiary/aromatic N) is 2. The minimum atomic E-state index is 1.09. The first-order valence-corrected chi connectivity index (χ1v) is 22.0. The summed E-state index contributed by atoms with van der Waals surface area (Å²) in [6, 6.07) is 92.7. The average Bonchev–Trinajstić information content (AvgIpc) is 3.72. The van der Waals surface area contributed by atoms with E-state index in [0.717, 1.165) is 33.9 Å². The van der Waals surface area contributed by atoms with Crippen LogP contribution in [-0.4, -0.2) is 4.57 Å². The number of para-hydroxylation sites is 3. The first-order valence-electron chi connectivity index (χ1n) is 22.0. The standard InChI is InChI=1S/C62H42N2/c1-3-16-43(17-4-1)46-19-14-24-53(42-46)63(52-37-34-44(35-38-52)47-36-39-55-50(40-47)33-32-45-18-7-8-25-54(45)55)59-29-11-9-26-56(59)48-20-13-21-49(41-48)57-28-15-31-61-62(57)58-27-10-12-30-60(58)64(61)51-22-5-2-6-23-51/h1-42H. The molecule has 0 saturated carbocycles. The molecule has 2 nitrogen and oxygen atoms in total. The highest BCUT2D eigenvalue weighted by molar-refractivity contribution is 6.16. The predicted octanol–water partition coefficient (Wildman–Crippen LogP) is 17.2. The zero-order chi connectivity index (χ0) is 42.4. The molecule has 0 aliphatic heterocycles. The van der Waals surface area contributed by atoms with Crippen molar-refractivity contribution >= 4 is 60.4 Å². The molecule has 0 atom stereocenters. The molecule has 2 heteroatoms.